The van der Waals surface area contributed by atoms with Gasteiger partial charge in [0, 0.05) is 50.6 Å². The number of nitrogens with one attached hydrogen (secondary N) is 1. The predicted molar refractivity (Wildman–Crippen MR) is 186 cm³/mol. The van der Waals surface area contributed by atoms with Crippen molar-refractivity contribution in [1.29, 1.82) is 0 Å². The number of carbonyl (C=O) groups excluding carboxylic acids is 1. The molecule has 3 saturated heterocycles. The highest BCUT2D eigenvalue weighted by molar-refractivity contribution is 6.02. The summed E-state index contributed by atoms with van der Waals surface area (Å²) in [5.74, 6) is -0.897. The first-order chi connectivity index (χ1) is 25.2. The van der Waals surface area contributed by atoms with Gasteiger partial charge >= 0.3 is 12.1 Å². The molecule has 272 valence electrons. The first-order valence-corrected chi connectivity index (χ1v) is 17.6. The lowest BCUT2D eigenvalue weighted by Gasteiger charge is -2.34. The SMILES string of the molecule is CCc1c(F)ccc2cc(OC(=O)n3ccc(C)n3)cc(-c3ncc4c(N5CCNC(CF)C5)nc(OC[C@@]56CCCN5C[C@H](F)C6)nc4c3F)c12. The highest BCUT2D eigenvalue weighted by Gasteiger charge is 2.49. The maximum absolute atomic E-state index is 17.2. The van der Waals surface area contributed by atoms with E-state index in [1.165, 1.54) is 30.6 Å². The zero-order valence-corrected chi connectivity index (χ0v) is 28.8. The molecule has 15 heteroatoms. The highest BCUT2D eigenvalue weighted by atomic mass is 19.1. The molecule has 1 unspecified atom stereocenters. The van der Waals surface area contributed by atoms with Crippen LogP contribution in [0.3, 0.4) is 0 Å². The van der Waals surface area contributed by atoms with Crippen molar-refractivity contribution in [3.8, 4) is 23.0 Å². The van der Waals surface area contributed by atoms with E-state index in [1.807, 2.05) is 4.90 Å². The van der Waals surface area contributed by atoms with E-state index in [2.05, 4.69) is 25.3 Å². The monoisotopic (exact) mass is 718 g/mol. The van der Waals surface area contributed by atoms with Gasteiger partial charge in [0.25, 0.3) is 0 Å². The molecule has 3 fully saturated rings. The quantitative estimate of drug-likeness (QED) is 0.194. The summed E-state index contributed by atoms with van der Waals surface area (Å²) in [5.41, 5.74) is 0.383. The minimum Gasteiger partial charge on any atom is -0.461 e. The second kappa shape index (κ2) is 13.6. The lowest BCUT2D eigenvalue weighted by Crippen LogP contribution is -2.52. The van der Waals surface area contributed by atoms with Crippen molar-refractivity contribution in [2.75, 3.05) is 50.9 Å². The molecular formula is C37H38F4N8O3. The molecule has 0 saturated carbocycles. The molecule has 3 aromatic heterocycles. The zero-order chi connectivity index (χ0) is 36.1. The normalized spacial score (nSPS) is 22.0. The van der Waals surface area contributed by atoms with Crippen LogP contribution >= 0.6 is 0 Å². The van der Waals surface area contributed by atoms with Crippen LogP contribution in [-0.4, -0.2) is 99.5 Å². The Morgan fingerprint density at radius 1 is 1.13 bits per heavy atom. The Hall–Kier alpha value is -4.89. The first kappa shape index (κ1) is 34.2. The van der Waals surface area contributed by atoms with Crippen molar-refractivity contribution < 1.29 is 31.8 Å². The Morgan fingerprint density at radius 3 is 2.79 bits per heavy atom. The van der Waals surface area contributed by atoms with E-state index in [-0.39, 0.29) is 47.1 Å². The van der Waals surface area contributed by atoms with Crippen LogP contribution in [0.4, 0.5) is 28.2 Å². The number of benzene rings is 2. The van der Waals surface area contributed by atoms with Gasteiger partial charge in [0.15, 0.2) is 5.82 Å². The maximum Gasteiger partial charge on any atom is 0.440 e. The molecule has 52 heavy (non-hydrogen) atoms. The highest BCUT2D eigenvalue weighted by Crippen LogP contribution is 2.42. The lowest BCUT2D eigenvalue weighted by atomic mass is 9.94. The number of hydrogen-bond acceptors (Lipinski definition) is 10. The van der Waals surface area contributed by atoms with Crippen molar-refractivity contribution in [3.63, 3.8) is 0 Å². The number of piperazine rings is 1. The summed E-state index contributed by atoms with van der Waals surface area (Å²) in [6.45, 7) is 5.35. The summed E-state index contributed by atoms with van der Waals surface area (Å²) in [5, 5.41) is 8.43. The molecule has 8 rings (SSSR count). The first-order valence-electron chi connectivity index (χ1n) is 17.6. The van der Waals surface area contributed by atoms with E-state index < -0.39 is 42.2 Å². The summed E-state index contributed by atoms with van der Waals surface area (Å²) >= 11 is 0. The van der Waals surface area contributed by atoms with E-state index in [9.17, 15) is 13.6 Å². The smallest absolute Gasteiger partial charge is 0.440 e. The largest absolute Gasteiger partial charge is 0.461 e. The number of anilines is 1. The molecule has 1 N–H and O–H groups in total. The number of hydrogen-bond donors (Lipinski definition) is 1. The van der Waals surface area contributed by atoms with Crippen molar-refractivity contribution in [1.82, 2.24) is 34.9 Å². The fraction of sp³-hybridized carbons (Fsp3) is 0.432. The molecule has 11 nitrogen and oxygen atoms in total. The number of alkyl halides is 2. The Balaban J connectivity index is 1.26. The Kier molecular flexibility index (Phi) is 8.94. The standard InChI is InChI=1S/C37H38F4N8O3/c1-3-26-29(40)6-5-22-13-25(52-36(50)49-11-7-21(2)46-49)14-27(30(22)26)32-31(41)33-28(17-43-32)34(47-12-9-42-24(16-38)19-47)45-35(44-33)51-20-37-8-4-10-48(37)18-23(39)15-37/h5-7,11,13-14,17,23-24,42H,3-4,8-10,12,15-16,18-20H2,1-2H3/t23-,24?,37+/m1/s1. The van der Waals surface area contributed by atoms with E-state index in [0.29, 0.717) is 60.3 Å². The summed E-state index contributed by atoms with van der Waals surface area (Å²) in [6.07, 6.45) is 3.46. The minimum absolute atomic E-state index is 0.0733. The molecule has 5 aromatic rings. The van der Waals surface area contributed by atoms with Gasteiger partial charge in [-0.2, -0.15) is 19.7 Å². The number of fused-ring (bicyclic) bond motifs is 3. The Bertz CT molecular complexity index is 2180. The van der Waals surface area contributed by atoms with Crippen LogP contribution < -0.4 is 19.7 Å². The topological polar surface area (TPSA) is 111 Å². The fourth-order valence-electron chi connectivity index (χ4n) is 8.03. The summed E-state index contributed by atoms with van der Waals surface area (Å²) < 4.78 is 73.8. The van der Waals surface area contributed by atoms with Gasteiger partial charge in [-0.1, -0.05) is 13.0 Å². The second-order valence-corrected chi connectivity index (χ2v) is 13.8. The van der Waals surface area contributed by atoms with Crippen LogP contribution in [0.2, 0.25) is 0 Å². The van der Waals surface area contributed by atoms with Crippen LogP contribution in [0.25, 0.3) is 32.9 Å². The van der Waals surface area contributed by atoms with Crippen LogP contribution in [0, 0.1) is 18.6 Å². The number of rotatable bonds is 8. The van der Waals surface area contributed by atoms with Crippen LogP contribution in [-0.2, 0) is 6.42 Å². The van der Waals surface area contributed by atoms with Crippen molar-refractivity contribution in [2.45, 2.75) is 57.3 Å². The molecule has 0 radical (unpaired) electrons. The van der Waals surface area contributed by atoms with Gasteiger partial charge in [-0.25, -0.2) is 22.4 Å². The average Bonchev–Trinajstić information content (AvgIpc) is 3.84. The van der Waals surface area contributed by atoms with Crippen molar-refractivity contribution >= 4 is 33.6 Å². The molecule has 6 heterocycles. The van der Waals surface area contributed by atoms with Gasteiger partial charge in [0.1, 0.15) is 48.0 Å². The number of aryl methyl sites for hydroxylation is 2. The van der Waals surface area contributed by atoms with Gasteiger partial charge < -0.3 is 19.7 Å². The van der Waals surface area contributed by atoms with Gasteiger partial charge in [0.2, 0.25) is 0 Å². The maximum atomic E-state index is 17.2. The van der Waals surface area contributed by atoms with E-state index in [1.54, 1.807) is 26.0 Å². The lowest BCUT2D eigenvalue weighted by molar-refractivity contribution is 0.107. The molecule has 2 aromatic carbocycles. The zero-order valence-electron chi connectivity index (χ0n) is 28.8. The van der Waals surface area contributed by atoms with Gasteiger partial charge in [-0.15, -0.1) is 0 Å². The molecule has 3 aliphatic rings. The third kappa shape index (κ3) is 6.08. The van der Waals surface area contributed by atoms with Crippen molar-refractivity contribution in [3.05, 3.63) is 65.6 Å². The van der Waals surface area contributed by atoms with Gasteiger partial charge in [-0.05, 0) is 73.3 Å². The number of aromatic nitrogens is 5. The Morgan fingerprint density at radius 2 is 2.00 bits per heavy atom. The number of nitrogens with zero attached hydrogens (tertiary/aromatic N) is 7. The summed E-state index contributed by atoms with van der Waals surface area (Å²) in [6, 6.07) is 6.99. The number of halogens is 4. The van der Waals surface area contributed by atoms with Crippen LogP contribution in [0.5, 0.6) is 11.8 Å². The van der Waals surface area contributed by atoms with Crippen LogP contribution in [0.1, 0.15) is 37.4 Å². The van der Waals surface area contributed by atoms with E-state index in [4.69, 9.17) is 14.5 Å². The number of pyridine rings is 1. The summed E-state index contributed by atoms with van der Waals surface area (Å²) in [4.78, 5) is 30.7. The fourth-order valence-corrected chi connectivity index (χ4v) is 8.03. The van der Waals surface area contributed by atoms with E-state index >= 15 is 8.78 Å². The van der Waals surface area contributed by atoms with Crippen molar-refractivity contribution in [2.24, 2.45) is 0 Å². The third-order valence-corrected chi connectivity index (χ3v) is 10.5. The molecule has 0 aliphatic carbocycles. The second-order valence-electron chi connectivity index (χ2n) is 13.8. The predicted octanol–water partition coefficient (Wildman–Crippen LogP) is 5.94. The summed E-state index contributed by atoms with van der Waals surface area (Å²) in [7, 11) is 0. The van der Waals surface area contributed by atoms with E-state index in [0.717, 1.165) is 24.1 Å². The molecule has 0 spiro atoms. The minimum atomic E-state index is -0.965. The number of ether oxygens (including phenoxy) is 2. The van der Waals surface area contributed by atoms with Crippen LogP contribution in [0.15, 0.2) is 42.7 Å². The molecule has 0 bridgehead atoms. The molecule has 0 amide bonds. The van der Waals surface area contributed by atoms with Gasteiger partial charge in [0.05, 0.1) is 22.7 Å². The molecule has 3 aliphatic heterocycles. The molecule has 3 atom stereocenters. The Labute approximate surface area is 296 Å². The third-order valence-electron chi connectivity index (χ3n) is 10.5. The molecular weight excluding hydrogens is 680 g/mol. The average molecular weight is 719 g/mol. The van der Waals surface area contributed by atoms with Gasteiger partial charge in [-0.3, -0.25) is 9.88 Å². The number of carbonyl (C=O) groups is 1.